The molecule has 4 nitrogen and oxygen atoms in total. The highest BCUT2D eigenvalue weighted by Gasteiger charge is 2.32. The van der Waals surface area contributed by atoms with E-state index < -0.39 is 0 Å². The van der Waals surface area contributed by atoms with Crippen LogP contribution in [0.1, 0.15) is 22.9 Å². The molecule has 0 saturated heterocycles. The Balaban J connectivity index is 1.36. The zero-order chi connectivity index (χ0) is 16.7. The molecule has 3 aromatic rings. The van der Waals surface area contributed by atoms with E-state index >= 15 is 0 Å². The molecule has 0 bridgehead atoms. The van der Waals surface area contributed by atoms with Crippen LogP contribution in [0.15, 0.2) is 36.4 Å². The van der Waals surface area contributed by atoms with Gasteiger partial charge in [0, 0.05) is 18.0 Å². The molecule has 2 N–H and O–H groups in total. The number of carbonyl (C=O) groups is 1. The number of H-pyrrole nitrogens is 1. The summed E-state index contributed by atoms with van der Waals surface area (Å²) >= 11 is 5.95. The van der Waals surface area contributed by atoms with Gasteiger partial charge in [-0.05, 0) is 47.9 Å². The van der Waals surface area contributed by atoms with Crippen molar-refractivity contribution >= 4 is 28.5 Å². The Bertz CT molecular complexity index is 937. The highest BCUT2D eigenvalue weighted by molar-refractivity contribution is 6.31. The van der Waals surface area contributed by atoms with Crippen molar-refractivity contribution in [3.63, 3.8) is 0 Å². The number of aromatic nitrogens is 2. The van der Waals surface area contributed by atoms with E-state index in [0.29, 0.717) is 24.4 Å². The third-order valence-electron chi connectivity index (χ3n) is 4.38. The minimum Gasteiger partial charge on any atom is -0.355 e. The van der Waals surface area contributed by atoms with Crippen LogP contribution in [0.3, 0.4) is 0 Å². The van der Waals surface area contributed by atoms with E-state index in [2.05, 4.69) is 15.3 Å². The maximum absolute atomic E-state index is 13.3. The monoisotopic (exact) mass is 343 g/mol. The summed E-state index contributed by atoms with van der Waals surface area (Å²) in [5, 5.41) is 3.56. The zero-order valence-electron chi connectivity index (χ0n) is 12.8. The fraction of sp³-hybridized carbons (Fsp3) is 0.222. The van der Waals surface area contributed by atoms with Crippen molar-refractivity contribution in [2.75, 3.05) is 6.54 Å². The Labute approximate surface area is 143 Å². The summed E-state index contributed by atoms with van der Waals surface area (Å²) in [5.74, 6) is 0.192. The number of halogens is 2. The number of hydrogen-bond acceptors (Lipinski definition) is 2. The predicted octanol–water partition coefficient (Wildman–Crippen LogP) is 3.35. The smallest absolute Gasteiger partial charge is 0.227 e. The average molecular weight is 344 g/mol. The Morgan fingerprint density at radius 2 is 2.21 bits per heavy atom. The number of fused-ring (bicyclic) bond motifs is 2. The number of hydrogen-bond donors (Lipinski definition) is 2. The highest BCUT2D eigenvalue weighted by Crippen LogP contribution is 2.35. The summed E-state index contributed by atoms with van der Waals surface area (Å²) in [6.07, 6.45) is 1.27. The molecule has 24 heavy (non-hydrogen) atoms. The molecular formula is C18H15ClFN3O. The molecule has 1 aliphatic rings. The molecule has 0 aliphatic heterocycles. The predicted molar refractivity (Wildman–Crippen MR) is 90.7 cm³/mol. The van der Waals surface area contributed by atoms with Gasteiger partial charge in [0.1, 0.15) is 11.6 Å². The summed E-state index contributed by atoms with van der Waals surface area (Å²) < 4.78 is 13.3. The lowest BCUT2D eigenvalue weighted by atomic mass is 9.77. The first-order chi connectivity index (χ1) is 11.6. The van der Waals surface area contributed by atoms with E-state index in [0.717, 1.165) is 28.0 Å². The lowest BCUT2D eigenvalue weighted by Gasteiger charge is -2.29. The molecule has 6 heteroatoms. The molecule has 1 heterocycles. The Hall–Kier alpha value is -2.40. The van der Waals surface area contributed by atoms with Crippen LogP contribution < -0.4 is 5.32 Å². The second kappa shape index (κ2) is 5.91. The van der Waals surface area contributed by atoms with Gasteiger partial charge in [0.05, 0.1) is 17.0 Å². The maximum atomic E-state index is 13.3. The average Bonchev–Trinajstić information content (AvgIpc) is 2.92. The molecular weight excluding hydrogens is 329 g/mol. The van der Waals surface area contributed by atoms with Gasteiger partial charge in [-0.3, -0.25) is 4.79 Å². The third kappa shape index (κ3) is 2.76. The van der Waals surface area contributed by atoms with E-state index in [-0.39, 0.29) is 17.6 Å². The van der Waals surface area contributed by atoms with Crippen LogP contribution >= 0.6 is 11.6 Å². The molecule has 1 aromatic heterocycles. The number of nitrogens with one attached hydrogen (secondary N) is 2. The van der Waals surface area contributed by atoms with Crippen molar-refractivity contribution in [2.45, 2.75) is 18.8 Å². The SMILES string of the molecule is O=C(NCCc1nc2ccc(Cl)cc2[nH]1)C1Cc2ccc(F)cc21. The van der Waals surface area contributed by atoms with Crippen molar-refractivity contribution in [1.29, 1.82) is 0 Å². The highest BCUT2D eigenvalue weighted by atomic mass is 35.5. The van der Waals surface area contributed by atoms with Crippen LogP contribution in [0.25, 0.3) is 11.0 Å². The second-order valence-electron chi connectivity index (χ2n) is 5.99. The molecule has 1 amide bonds. The summed E-state index contributed by atoms with van der Waals surface area (Å²) in [5.41, 5.74) is 3.58. The van der Waals surface area contributed by atoms with Gasteiger partial charge in [0.15, 0.2) is 0 Å². The van der Waals surface area contributed by atoms with Gasteiger partial charge in [0.25, 0.3) is 0 Å². The van der Waals surface area contributed by atoms with Crippen LogP contribution in [-0.2, 0) is 17.6 Å². The summed E-state index contributed by atoms with van der Waals surface area (Å²) in [7, 11) is 0. The maximum Gasteiger partial charge on any atom is 0.227 e. The standard InChI is InChI=1S/C18H15ClFN3O/c19-11-2-4-15-16(8-11)23-17(22-15)5-6-21-18(24)14-7-10-1-3-12(20)9-13(10)14/h1-4,8-9,14H,5-7H2,(H,21,24)(H,22,23). The Kier molecular flexibility index (Phi) is 3.73. The number of amides is 1. The van der Waals surface area contributed by atoms with Crippen molar-refractivity contribution in [3.8, 4) is 0 Å². The largest absolute Gasteiger partial charge is 0.355 e. The van der Waals surface area contributed by atoms with E-state index in [1.165, 1.54) is 12.1 Å². The summed E-state index contributed by atoms with van der Waals surface area (Å²) in [6.45, 7) is 0.480. The number of nitrogens with zero attached hydrogens (tertiary/aromatic N) is 1. The Morgan fingerprint density at radius 3 is 3.08 bits per heavy atom. The van der Waals surface area contributed by atoms with Crippen LogP contribution in [0, 0.1) is 5.82 Å². The minimum atomic E-state index is -0.299. The van der Waals surface area contributed by atoms with Gasteiger partial charge in [-0.2, -0.15) is 0 Å². The fourth-order valence-electron chi connectivity index (χ4n) is 3.09. The van der Waals surface area contributed by atoms with Crippen LogP contribution in [0.2, 0.25) is 5.02 Å². The molecule has 0 spiro atoms. The van der Waals surface area contributed by atoms with Crippen LogP contribution in [0.5, 0.6) is 0 Å². The van der Waals surface area contributed by atoms with Gasteiger partial charge in [0.2, 0.25) is 5.91 Å². The zero-order valence-corrected chi connectivity index (χ0v) is 13.5. The Morgan fingerprint density at radius 1 is 1.33 bits per heavy atom. The molecule has 122 valence electrons. The minimum absolute atomic E-state index is 0.0627. The lowest BCUT2D eigenvalue weighted by molar-refractivity contribution is -0.123. The van der Waals surface area contributed by atoms with Gasteiger partial charge >= 0.3 is 0 Å². The fourth-order valence-corrected chi connectivity index (χ4v) is 3.26. The molecule has 0 saturated carbocycles. The third-order valence-corrected chi connectivity index (χ3v) is 4.61. The summed E-state index contributed by atoms with van der Waals surface area (Å²) in [4.78, 5) is 19.9. The molecule has 1 unspecified atom stereocenters. The first-order valence-electron chi connectivity index (χ1n) is 7.80. The molecule has 1 atom stereocenters. The van der Waals surface area contributed by atoms with Gasteiger partial charge in [-0.15, -0.1) is 0 Å². The number of carbonyl (C=O) groups excluding carboxylic acids is 1. The van der Waals surface area contributed by atoms with Gasteiger partial charge in [-0.25, -0.2) is 9.37 Å². The normalized spacial score (nSPS) is 15.8. The van der Waals surface area contributed by atoms with Crippen LogP contribution in [0.4, 0.5) is 4.39 Å². The topological polar surface area (TPSA) is 57.8 Å². The number of imidazole rings is 1. The van der Waals surface area contributed by atoms with Gasteiger partial charge < -0.3 is 10.3 Å². The first kappa shape index (κ1) is 15.1. The molecule has 0 radical (unpaired) electrons. The van der Waals surface area contributed by atoms with E-state index in [9.17, 15) is 9.18 Å². The van der Waals surface area contributed by atoms with E-state index in [1.807, 2.05) is 12.1 Å². The molecule has 4 rings (SSSR count). The molecule has 0 fully saturated rings. The van der Waals surface area contributed by atoms with Crippen molar-refractivity contribution in [3.05, 3.63) is 64.2 Å². The number of benzene rings is 2. The van der Waals surface area contributed by atoms with Crippen molar-refractivity contribution in [2.24, 2.45) is 0 Å². The lowest BCUT2D eigenvalue weighted by Crippen LogP contribution is -2.36. The van der Waals surface area contributed by atoms with Crippen LogP contribution in [-0.4, -0.2) is 22.4 Å². The summed E-state index contributed by atoms with van der Waals surface area (Å²) in [6, 6.07) is 10.1. The number of rotatable bonds is 4. The van der Waals surface area contributed by atoms with Gasteiger partial charge in [-0.1, -0.05) is 17.7 Å². The molecule has 2 aromatic carbocycles. The molecule has 1 aliphatic carbocycles. The van der Waals surface area contributed by atoms with Crippen molar-refractivity contribution in [1.82, 2.24) is 15.3 Å². The van der Waals surface area contributed by atoms with Crippen molar-refractivity contribution < 1.29 is 9.18 Å². The van der Waals surface area contributed by atoms with E-state index in [4.69, 9.17) is 11.6 Å². The second-order valence-corrected chi connectivity index (χ2v) is 6.42. The number of aromatic amines is 1. The quantitative estimate of drug-likeness (QED) is 0.763. The van der Waals surface area contributed by atoms with E-state index in [1.54, 1.807) is 12.1 Å². The first-order valence-corrected chi connectivity index (χ1v) is 8.18.